The number of anilines is 1. The highest BCUT2D eigenvalue weighted by Crippen LogP contribution is 2.49. The summed E-state index contributed by atoms with van der Waals surface area (Å²) in [5.41, 5.74) is -0.344. The van der Waals surface area contributed by atoms with Gasteiger partial charge in [0.25, 0.3) is 0 Å². The van der Waals surface area contributed by atoms with Gasteiger partial charge < -0.3 is 9.90 Å². The summed E-state index contributed by atoms with van der Waals surface area (Å²) in [6, 6.07) is 9.58. The average molecular weight is 399 g/mol. The maximum Gasteiger partial charge on any atom is 0.413 e. The third-order valence-electron chi connectivity index (χ3n) is 3.99. The lowest BCUT2D eigenvalue weighted by Crippen LogP contribution is -2.48. The zero-order valence-electron chi connectivity index (χ0n) is 11.6. The van der Waals surface area contributed by atoms with Gasteiger partial charge in [0.05, 0.1) is 10.7 Å². The molecule has 23 heavy (non-hydrogen) atoms. The predicted molar refractivity (Wildman–Crippen MR) is 87.5 cm³/mol. The monoisotopic (exact) mass is 397 g/mol. The number of benzene rings is 2. The summed E-state index contributed by atoms with van der Waals surface area (Å²) in [6.45, 7) is 0. The second-order valence-electron chi connectivity index (χ2n) is 5.19. The Balaban J connectivity index is 2.30. The fourth-order valence-corrected chi connectivity index (χ4v) is 3.65. The Hall–Kier alpha value is -1.92. The lowest BCUT2D eigenvalue weighted by atomic mass is 9.87. The molecular formula is C16H10BrClFNO3. The van der Waals surface area contributed by atoms with Crippen LogP contribution in [0.3, 0.4) is 0 Å². The number of hydrogen-bond acceptors (Lipinski definition) is 2. The van der Waals surface area contributed by atoms with E-state index in [0.29, 0.717) is 17.4 Å². The molecule has 4 nitrogen and oxygen atoms in total. The molecule has 1 N–H and O–H groups in total. The van der Waals surface area contributed by atoms with Gasteiger partial charge in [-0.15, -0.1) is 0 Å². The molecule has 0 radical (unpaired) electrons. The maximum absolute atomic E-state index is 14.0. The largest absolute Gasteiger partial charge is 0.465 e. The van der Waals surface area contributed by atoms with Gasteiger partial charge >= 0.3 is 6.09 Å². The number of fused-ring (bicyclic) bond motifs is 1. The number of halogens is 3. The predicted octanol–water partition coefficient (Wildman–Crippen LogP) is 4.38. The standard InChI is InChI=1S/C16H10BrClFNO3/c17-13-10-7-16(8-21,9-4-2-1-3-5-9)20(15(22)23)12(10)6-11(19)14(13)18/h1-6,8H,7H2,(H,22,23)/t16-/m1/s1. The summed E-state index contributed by atoms with van der Waals surface area (Å²) in [4.78, 5) is 24.7. The Morgan fingerprint density at radius 3 is 2.61 bits per heavy atom. The topological polar surface area (TPSA) is 57.6 Å². The van der Waals surface area contributed by atoms with Crippen LogP contribution in [-0.4, -0.2) is 17.5 Å². The van der Waals surface area contributed by atoms with Crippen molar-refractivity contribution in [2.75, 3.05) is 4.90 Å². The summed E-state index contributed by atoms with van der Waals surface area (Å²) in [5.74, 6) is -0.752. The fraction of sp³-hybridized carbons (Fsp3) is 0.125. The highest BCUT2D eigenvalue weighted by Gasteiger charge is 2.50. The van der Waals surface area contributed by atoms with Crippen LogP contribution >= 0.6 is 27.5 Å². The number of aldehydes is 1. The van der Waals surface area contributed by atoms with Crippen LogP contribution in [0.4, 0.5) is 14.9 Å². The first-order chi connectivity index (χ1) is 10.9. The summed E-state index contributed by atoms with van der Waals surface area (Å²) >= 11 is 9.10. The van der Waals surface area contributed by atoms with Gasteiger partial charge in [-0.25, -0.2) is 9.18 Å². The number of hydrogen-bond donors (Lipinski definition) is 1. The van der Waals surface area contributed by atoms with Crippen molar-refractivity contribution in [3.63, 3.8) is 0 Å². The minimum Gasteiger partial charge on any atom is -0.465 e. The van der Waals surface area contributed by atoms with Gasteiger partial charge in [-0.3, -0.25) is 4.90 Å². The molecule has 1 amide bonds. The van der Waals surface area contributed by atoms with Crippen molar-refractivity contribution in [1.82, 2.24) is 0 Å². The zero-order chi connectivity index (χ0) is 16.8. The lowest BCUT2D eigenvalue weighted by molar-refractivity contribution is -0.112. The van der Waals surface area contributed by atoms with Gasteiger partial charge in [0.1, 0.15) is 11.4 Å². The minimum absolute atomic E-state index is 0.0722. The number of nitrogens with zero attached hydrogens (tertiary/aromatic N) is 1. The molecule has 1 aliphatic heterocycles. The van der Waals surface area contributed by atoms with Gasteiger partial charge in [0.15, 0.2) is 6.29 Å². The van der Waals surface area contributed by atoms with Crippen LogP contribution in [0.25, 0.3) is 0 Å². The Morgan fingerprint density at radius 1 is 1.39 bits per heavy atom. The van der Waals surface area contributed by atoms with Gasteiger partial charge in [-0.05, 0) is 33.1 Å². The highest BCUT2D eigenvalue weighted by molar-refractivity contribution is 9.10. The number of rotatable bonds is 2. The molecule has 0 saturated heterocycles. The van der Waals surface area contributed by atoms with E-state index in [1.807, 2.05) is 0 Å². The molecule has 2 aromatic carbocycles. The second kappa shape index (κ2) is 5.62. The van der Waals surface area contributed by atoms with Crippen LogP contribution < -0.4 is 4.90 Å². The van der Waals surface area contributed by atoms with Gasteiger partial charge in [-0.2, -0.15) is 0 Å². The van der Waals surface area contributed by atoms with Crippen molar-refractivity contribution in [3.8, 4) is 0 Å². The van der Waals surface area contributed by atoms with Crippen molar-refractivity contribution >= 4 is 45.6 Å². The maximum atomic E-state index is 14.0. The molecule has 1 aliphatic rings. The van der Waals surface area contributed by atoms with Gasteiger partial charge in [0, 0.05) is 10.9 Å². The van der Waals surface area contributed by atoms with E-state index in [1.165, 1.54) is 0 Å². The van der Waals surface area contributed by atoms with E-state index >= 15 is 0 Å². The van der Waals surface area contributed by atoms with Crippen molar-refractivity contribution < 1.29 is 19.1 Å². The smallest absolute Gasteiger partial charge is 0.413 e. The van der Waals surface area contributed by atoms with Crippen LogP contribution in [0, 0.1) is 5.82 Å². The quantitative estimate of drug-likeness (QED) is 0.603. The fourth-order valence-electron chi connectivity index (χ4n) is 2.95. The van der Waals surface area contributed by atoms with Crippen LogP contribution in [0.1, 0.15) is 11.1 Å². The Bertz CT molecular complexity index is 815. The van der Waals surface area contributed by atoms with Crippen molar-refractivity contribution in [1.29, 1.82) is 0 Å². The molecule has 118 valence electrons. The van der Waals surface area contributed by atoms with E-state index in [9.17, 15) is 19.1 Å². The van der Waals surface area contributed by atoms with Crippen LogP contribution in [0.2, 0.25) is 5.02 Å². The second-order valence-corrected chi connectivity index (χ2v) is 6.36. The molecule has 0 fully saturated rings. The summed E-state index contributed by atoms with van der Waals surface area (Å²) in [5, 5.41) is 9.50. The number of carbonyl (C=O) groups excluding carboxylic acids is 1. The highest BCUT2D eigenvalue weighted by atomic mass is 79.9. The first-order valence-electron chi connectivity index (χ1n) is 6.64. The zero-order valence-corrected chi connectivity index (χ0v) is 13.9. The molecule has 0 bridgehead atoms. The van der Waals surface area contributed by atoms with E-state index in [2.05, 4.69) is 15.9 Å². The lowest BCUT2D eigenvalue weighted by Gasteiger charge is -2.32. The van der Waals surface area contributed by atoms with Crippen LogP contribution in [0.15, 0.2) is 40.9 Å². The van der Waals surface area contributed by atoms with Crippen LogP contribution in [-0.2, 0) is 16.8 Å². The van der Waals surface area contributed by atoms with E-state index in [0.717, 1.165) is 11.0 Å². The molecule has 2 aromatic rings. The SMILES string of the molecule is O=C[C@@]1(c2ccccc2)Cc2c(cc(F)c(Cl)c2Br)N1C(=O)O. The molecular weight excluding hydrogens is 389 g/mol. The molecule has 3 rings (SSSR count). The Labute approximate surface area is 144 Å². The van der Waals surface area contributed by atoms with E-state index in [1.54, 1.807) is 30.3 Å². The summed E-state index contributed by atoms with van der Waals surface area (Å²) < 4.78 is 14.2. The molecule has 0 aromatic heterocycles. The Kier molecular flexibility index (Phi) is 3.90. The number of carbonyl (C=O) groups is 2. The van der Waals surface area contributed by atoms with Crippen molar-refractivity contribution in [2.24, 2.45) is 0 Å². The average Bonchev–Trinajstić information content (AvgIpc) is 2.89. The number of carboxylic acid groups (broad SMARTS) is 1. The first kappa shape index (κ1) is 16.0. The van der Waals surface area contributed by atoms with Crippen molar-refractivity contribution in [2.45, 2.75) is 12.0 Å². The number of amides is 1. The molecule has 0 aliphatic carbocycles. The van der Waals surface area contributed by atoms with Crippen LogP contribution in [0.5, 0.6) is 0 Å². The molecule has 1 heterocycles. The van der Waals surface area contributed by atoms with E-state index < -0.39 is 17.4 Å². The summed E-state index contributed by atoms with van der Waals surface area (Å²) in [7, 11) is 0. The summed E-state index contributed by atoms with van der Waals surface area (Å²) in [6.07, 6.45) is -0.689. The van der Waals surface area contributed by atoms with E-state index in [4.69, 9.17) is 11.6 Å². The third kappa shape index (κ3) is 2.24. The van der Waals surface area contributed by atoms with Gasteiger partial charge in [0.2, 0.25) is 0 Å². The van der Waals surface area contributed by atoms with Gasteiger partial charge in [-0.1, -0.05) is 41.9 Å². The first-order valence-corrected chi connectivity index (χ1v) is 7.81. The van der Waals surface area contributed by atoms with E-state index in [-0.39, 0.29) is 21.6 Å². The minimum atomic E-state index is -1.45. The molecule has 7 heteroatoms. The molecule has 0 spiro atoms. The van der Waals surface area contributed by atoms with Crippen molar-refractivity contribution in [3.05, 3.63) is 62.8 Å². The third-order valence-corrected chi connectivity index (χ3v) is 5.46. The Morgan fingerprint density at radius 2 is 2.04 bits per heavy atom. The normalized spacial score (nSPS) is 19.5. The molecule has 0 unspecified atom stereocenters. The molecule has 1 atom stereocenters. The molecule has 0 saturated carbocycles.